The van der Waals surface area contributed by atoms with Crippen molar-refractivity contribution in [3.8, 4) is 0 Å². The highest BCUT2D eigenvalue weighted by atomic mass is 16.5. The highest BCUT2D eigenvalue weighted by molar-refractivity contribution is 5.69. The Labute approximate surface area is 167 Å². The number of nitrogens with one attached hydrogen (secondary N) is 1. The second-order valence-electron chi connectivity index (χ2n) is 5.80. The number of rotatable bonds is 16. The predicted octanol–water partition coefficient (Wildman–Crippen LogP) is 2.39. The van der Waals surface area contributed by atoms with Gasteiger partial charge in [-0.2, -0.15) is 0 Å². The molecule has 0 aromatic rings. The van der Waals surface area contributed by atoms with Gasteiger partial charge in [-0.05, 0) is 25.8 Å². The number of hydrogen-bond acceptors (Lipinski definition) is 7. The van der Waals surface area contributed by atoms with E-state index in [4.69, 9.17) is 20.3 Å². The molecule has 0 aromatic heterocycles. The molecule has 1 amide bonds. The van der Waals surface area contributed by atoms with Crippen LogP contribution in [-0.2, 0) is 14.3 Å². The van der Waals surface area contributed by atoms with Gasteiger partial charge in [-0.1, -0.05) is 33.6 Å². The van der Waals surface area contributed by atoms with E-state index < -0.39 is 6.09 Å². The number of nitrogens with zero attached hydrogens (tertiary/aromatic N) is 1. The Balaban J connectivity index is -0.000000755. The van der Waals surface area contributed by atoms with E-state index in [1.165, 1.54) is 0 Å². The molecule has 0 saturated carbocycles. The van der Waals surface area contributed by atoms with Crippen LogP contribution in [0.25, 0.3) is 0 Å². The number of amides is 1. The molecule has 0 bridgehead atoms. The van der Waals surface area contributed by atoms with Crippen LogP contribution in [0.2, 0.25) is 0 Å². The summed E-state index contributed by atoms with van der Waals surface area (Å²) in [4.78, 5) is 24.9. The predicted molar refractivity (Wildman–Crippen MR) is 112 cm³/mol. The van der Waals surface area contributed by atoms with E-state index in [-0.39, 0.29) is 28.5 Å². The van der Waals surface area contributed by atoms with E-state index in [2.05, 4.69) is 5.32 Å². The van der Waals surface area contributed by atoms with Gasteiger partial charge in [0.25, 0.3) is 0 Å². The molecule has 0 unspecified atom stereocenters. The van der Waals surface area contributed by atoms with Gasteiger partial charge in [-0.25, -0.2) is 4.79 Å². The largest absolute Gasteiger partial charge is 0.466 e. The molecule has 0 aliphatic carbocycles. The molecule has 0 aliphatic heterocycles. The lowest BCUT2D eigenvalue weighted by Crippen LogP contribution is -2.34. The van der Waals surface area contributed by atoms with Crippen LogP contribution in [0.3, 0.4) is 0 Å². The summed E-state index contributed by atoms with van der Waals surface area (Å²) >= 11 is 0. The summed E-state index contributed by atoms with van der Waals surface area (Å²) in [5.41, 5.74) is 5.42. The van der Waals surface area contributed by atoms with Crippen LogP contribution in [0.4, 0.5) is 4.79 Å². The summed E-state index contributed by atoms with van der Waals surface area (Å²) in [5.74, 6) is -0.252. The van der Waals surface area contributed by atoms with Crippen molar-refractivity contribution >= 4 is 12.1 Å². The first kappa shape index (κ1) is 27.8. The lowest BCUT2D eigenvalue weighted by molar-refractivity contribution is -0.144. The normalized spacial score (nSPS) is 10.1. The first-order valence-corrected chi connectivity index (χ1v) is 10.2. The minimum absolute atomic E-state index is 0. The molecule has 0 rings (SSSR count). The number of hydrogen-bond donors (Lipinski definition) is 3. The van der Waals surface area contributed by atoms with Crippen LogP contribution in [0.5, 0.6) is 0 Å². The standard InChI is InChI=1S/C17H35N3O5.C2H6.2H2/c1-2-14-24-16(22)7-10-20(11-13-21)12-15-25-17(23)19-9-6-4-3-5-8-18;1-2;;/h21H,2-15,18H2,1H3,(H,19,23);1-2H3;2*1H. The van der Waals surface area contributed by atoms with E-state index in [0.29, 0.717) is 39.3 Å². The number of carbonyl (C=O) groups excluding carboxylic acids is 2. The second-order valence-corrected chi connectivity index (χ2v) is 5.80. The fourth-order valence-corrected chi connectivity index (χ4v) is 2.15. The number of carbonyl (C=O) groups is 2. The van der Waals surface area contributed by atoms with E-state index >= 15 is 0 Å². The topological polar surface area (TPSA) is 114 Å². The van der Waals surface area contributed by atoms with Gasteiger partial charge < -0.3 is 25.6 Å². The van der Waals surface area contributed by atoms with E-state index in [0.717, 1.165) is 32.1 Å². The Morgan fingerprint density at radius 1 is 1.04 bits per heavy atom. The van der Waals surface area contributed by atoms with Crippen molar-refractivity contribution in [1.82, 2.24) is 10.2 Å². The molecule has 0 atom stereocenters. The Bertz CT molecular complexity index is 354. The zero-order chi connectivity index (χ0) is 20.8. The molecule has 4 N–H and O–H groups in total. The number of alkyl carbamates (subject to hydrolysis) is 1. The maximum atomic E-state index is 11.6. The van der Waals surface area contributed by atoms with Crippen LogP contribution in [0, 0.1) is 0 Å². The molecule has 0 aliphatic rings. The molecule has 0 saturated heterocycles. The second kappa shape index (κ2) is 22.7. The molecule has 0 spiro atoms. The summed E-state index contributed by atoms with van der Waals surface area (Å²) in [6.07, 6.45) is 4.64. The molecule has 8 heteroatoms. The van der Waals surface area contributed by atoms with Crippen molar-refractivity contribution < 1.29 is 27.0 Å². The smallest absolute Gasteiger partial charge is 0.407 e. The minimum atomic E-state index is -0.440. The number of aliphatic hydroxyl groups is 1. The molecule has 0 fully saturated rings. The van der Waals surface area contributed by atoms with Gasteiger partial charge in [-0.3, -0.25) is 9.69 Å². The van der Waals surface area contributed by atoms with Crippen LogP contribution >= 0.6 is 0 Å². The van der Waals surface area contributed by atoms with Crippen LogP contribution in [-0.4, -0.2) is 74.6 Å². The Morgan fingerprint density at radius 3 is 2.37 bits per heavy atom. The van der Waals surface area contributed by atoms with Crippen LogP contribution in [0.15, 0.2) is 0 Å². The summed E-state index contributed by atoms with van der Waals surface area (Å²) in [7, 11) is 0. The van der Waals surface area contributed by atoms with Crippen LogP contribution < -0.4 is 11.1 Å². The highest BCUT2D eigenvalue weighted by Crippen LogP contribution is 1.98. The van der Waals surface area contributed by atoms with Gasteiger partial charge in [0.15, 0.2) is 0 Å². The molecule has 0 heterocycles. The lowest BCUT2D eigenvalue weighted by Gasteiger charge is -2.20. The first-order valence-electron chi connectivity index (χ1n) is 10.2. The maximum Gasteiger partial charge on any atom is 0.407 e. The first-order chi connectivity index (χ1) is 13.1. The van der Waals surface area contributed by atoms with Gasteiger partial charge in [0.05, 0.1) is 19.6 Å². The van der Waals surface area contributed by atoms with Gasteiger partial charge in [-0.15, -0.1) is 0 Å². The van der Waals surface area contributed by atoms with Crippen molar-refractivity contribution in [2.45, 2.75) is 59.3 Å². The average Bonchev–Trinajstić information content (AvgIpc) is 2.68. The summed E-state index contributed by atoms with van der Waals surface area (Å²) < 4.78 is 10.1. The van der Waals surface area contributed by atoms with Crippen LogP contribution in [0.1, 0.15) is 62.1 Å². The van der Waals surface area contributed by atoms with Gasteiger partial charge in [0, 0.05) is 29.0 Å². The molecule has 0 aromatic carbocycles. The molecule has 0 radical (unpaired) electrons. The number of esters is 1. The van der Waals surface area contributed by atoms with Crippen molar-refractivity contribution in [3.63, 3.8) is 0 Å². The Morgan fingerprint density at radius 2 is 1.74 bits per heavy atom. The molecule has 27 heavy (non-hydrogen) atoms. The third-order valence-corrected chi connectivity index (χ3v) is 3.56. The summed E-state index contributed by atoms with van der Waals surface area (Å²) in [5, 5.41) is 11.8. The number of ether oxygens (including phenoxy) is 2. The minimum Gasteiger partial charge on any atom is -0.466 e. The lowest BCUT2D eigenvalue weighted by atomic mass is 10.2. The fraction of sp³-hybridized carbons (Fsp3) is 0.895. The van der Waals surface area contributed by atoms with Crippen molar-refractivity contribution in [2.24, 2.45) is 5.73 Å². The Hall–Kier alpha value is -1.38. The number of nitrogens with two attached hydrogens (primary N) is 1. The third kappa shape index (κ3) is 20.8. The van der Waals surface area contributed by atoms with E-state index in [1.54, 1.807) is 0 Å². The molecule has 8 nitrogen and oxygen atoms in total. The number of aliphatic hydroxyl groups excluding tert-OH is 1. The average molecular weight is 396 g/mol. The van der Waals surface area contributed by atoms with Gasteiger partial charge >= 0.3 is 12.1 Å². The number of unbranched alkanes of at least 4 members (excludes halogenated alkanes) is 3. The molecule has 166 valence electrons. The summed E-state index contributed by atoms with van der Waals surface area (Å²) in [6.45, 7) is 9.21. The van der Waals surface area contributed by atoms with Crippen molar-refractivity contribution in [3.05, 3.63) is 0 Å². The molecular formula is C19H45N3O5. The molecular weight excluding hydrogens is 350 g/mol. The van der Waals surface area contributed by atoms with Crippen molar-refractivity contribution in [1.29, 1.82) is 0 Å². The third-order valence-electron chi connectivity index (χ3n) is 3.56. The van der Waals surface area contributed by atoms with E-state index in [9.17, 15) is 9.59 Å². The van der Waals surface area contributed by atoms with E-state index in [1.807, 2.05) is 25.7 Å². The monoisotopic (exact) mass is 395 g/mol. The van der Waals surface area contributed by atoms with Gasteiger partial charge in [0.2, 0.25) is 0 Å². The maximum absolute atomic E-state index is 11.6. The quantitative estimate of drug-likeness (QED) is 0.271. The van der Waals surface area contributed by atoms with Crippen molar-refractivity contribution in [2.75, 3.05) is 52.5 Å². The van der Waals surface area contributed by atoms with Gasteiger partial charge in [0.1, 0.15) is 6.61 Å². The fourth-order valence-electron chi connectivity index (χ4n) is 2.15. The Kier molecular flexibility index (Phi) is 23.4. The SMILES string of the molecule is CC.CCCOC(=O)CCN(CCO)CCOC(=O)NCCCCCCN.[HH].[HH]. The summed E-state index contributed by atoms with van der Waals surface area (Å²) in [6, 6.07) is 0. The zero-order valence-electron chi connectivity index (χ0n) is 17.5. The zero-order valence-corrected chi connectivity index (χ0v) is 17.5. The highest BCUT2D eigenvalue weighted by Gasteiger charge is 2.10.